The highest BCUT2D eigenvalue weighted by Crippen LogP contribution is 2.33. The number of hydrogen-bond donors (Lipinski definition) is 0. The van der Waals surface area contributed by atoms with Gasteiger partial charge in [0.05, 0.1) is 20.9 Å². The predicted molar refractivity (Wildman–Crippen MR) is 130 cm³/mol. The molecular weight excluding hydrogens is 428 g/mol. The van der Waals surface area contributed by atoms with Gasteiger partial charge in [-0.15, -0.1) is 0 Å². The number of carbonyl (C=O) groups is 1. The van der Waals surface area contributed by atoms with Crippen molar-refractivity contribution in [3.63, 3.8) is 0 Å². The Morgan fingerprint density at radius 1 is 1.00 bits per heavy atom. The van der Waals surface area contributed by atoms with E-state index < -0.39 is 0 Å². The van der Waals surface area contributed by atoms with Crippen LogP contribution in [-0.4, -0.2) is 55.1 Å². The number of benzene rings is 2. The van der Waals surface area contributed by atoms with E-state index in [0.29, 0.717) is 5.91 Å². The van der Waals surface area contributed by atoms with Crippen molar-refractivity contribution in [2.75, 3.05) is 49.1 Å². The van der Waals surface area contributed by atoms with E-state index in [1.54, 1.807) is 11.3 Å². The molecule has 0 bridgehead atoms. The number of rotatable bonds is 3. The van der Waals surface area contributed by atoms with E-state index >= 15 is 0 Å². The fourth-order valence-corrected chi connectivity index (χ4v) is 5.98. The molecule has 0 saturated carbocycles. The summed E-state index contributed by atoms with van der Waals surface area (Å²) in [5.41, 5.74) is 3.40. The Labute approximate surface area is 192 Å². The third-order valence-corrected chi connectivity index (χ3v) is 7.83. The molecule has 0 aliphatic carbocycles. The van der Waals surface area contributed by atoms with E-state index in [-0.39, 0.29) is 5.92 Å². The number of halogens is 1. The summed E-state index contributed by atoms with van der Waals surface area (Å²) in [6.07, 6.45) is 1.80. The minimum Gasteiger partial charge on any atom is -0.367 e. The molecule has 5 nitrogen and oxygen atoms in total. The van der Waals surface area contributed by atoms with Crippen LogP contribution in [0, 0.1) is 12.8 Å². The third-order valence-electron chi connectivity index (χ3n) is 6.43. The number of nitrogens with zero attached hydrogens (tertiary/aromatic N) is 4. The number of amides is 1. The van der Waals surface area contributed by atoms with Crippen LogP contribution in [0.2, 0.25) is 5.02 Å². The number of hydrogen-bond acceptors (Lipinski definition) is 5. The van der Waals surface area contributed by atoms with Gasteiger partial charge in [0.25, 0.3) is 0 Å². The lowest BCUT2D eigenvalue weighted by Gasteiger charge is -2.39. The molecule has 0 atom stereocenters. The summed E-state index contributed by atoms with van der Waals surface area (Å²) in [4.78, 5) is 24.6. The maximum Gasteiger partial charge on any atom is 0.225 e. The Balaban J connectivity index is 1.16. The van der Waals surface area contributed by atoms with Crippen molar-refractivity contribution in [1.29, 1.82) is 0 Å². The molecule has 2 saturated heterocycles. The van der Waals surface area contributed by atoms with E-state index in [4.69, 9.17) is 16.6 Å². The van der Waals surface area contributed by atoms with Gasteiger partial charge in [-0.25, -0.2) is 4.98 Å². The number of piperazine rings is 1. The topological polar surface area (TPSA) is 39.7 Å². The predicted octanol–water partition coefficient (Wildman–Crippen LogP) is 4.82. The summed E-state index contributed by atoms with van der Waals surface area (Å²) in [6.45, 7) is 7.11. The minimum atomic E-state index is 0.125. The Kier molecular flexibility index (Phi) is 5.76. The van der Waals surface area contributed by atoms with E-state index in [9.17, 15) is 4.79 Å². The van der Waals surface area contributed by atoms with Crippen molar-refractivity contribution >= 4 is 49.9 Å². The zero-order chi connectivity index (χ0) is 21.4. The average Bonchev–Trinajstić information content (AvgIpc) is 3.22. The minimum absolute atomic E-state index is 0.125. The molecule has 162 valence electrons. The molecule has 3 aromatic rings. The molecule has 7 heteroatoms. The number of thiazole rings is 1. The number of fused-ring (bicyclic) bond motifs is 1. The van der Waals surface area contributed by atoms with Crippen LogP contribution in [-0.2, 0) is 4.79 Å². The fraction of sp³-hybridized carbons (Fsp3) is 0.417. The van der Waals surface area contributed by atoms with E-state index in [0.717, 1.165) is 73.5 Å². The molecule has 31 heavy (non-hydrogen) atoms. The highest BCUT2D eigenvalue weighted by atomic mass is 35.5. The quantitative estimate of drug-likeness (QED) is 0.568. The van der Waals surface area contributed by atoms with Crippen LogP contribution in [0.15, 0.2) is 42.5 Å². The maximum atomic E-state index is 13.1. The van der Waals surface area contributed by atoms with E-state index in [1.807, 2.05) is 23.1 Å². The van der Waals surface area contributed by atoms with E-state index in [1.165, 1.54) is 10.3 Å². The molecule has 0 N–H and O–H groups in total. The van der Waals surface area contributed by atoms with Gasteiger partial charge in [0, 0.05) is 45.2 Å². The molecule has 0 radical (unpaired) electrons. The van der Waals surface area contributed by atoms with Crippen molar-refractivity contribution in [3.05, 3.63) is 53.1 Å². The Bertz CT molecular complexity index is 1080. The fourth-order valence-electron chi connectivity index (χ4n) is 4.61. The van der Waals surface area contributed by atoms with Gasteiger partial charge in [-0.1, -0.05) is 41.1 Å². The smallest absolute Gasteiger partial charge is 0.225 e. The molecule has 2 fully saturated rings. The van der Waals surface area contributed by atoms with Crippen LogP contribution < -0.4 is 9.80 Å². The number of aryl methyl sites for hydroxylation is 1. The Morgan fingerprint density at radius 3 is 2.48 bits per heavy atom. The molecule has 1 aromatic heterocycles. The number of aromatic nitrogens is 1. The largest absolute Gasteiger partial charge is 0.367 e. The lowest BCUT2D eigenvalue weighted by molar-refractivity contribution is -0.136. The van der Waals surface area contributed by atoms with E-state index in [2.05, 4.69) is 41.0 Å². The van der Waals surface area contributed by atoms with Crippen LogP contribution >= 0.6 is 22.9 Å². The van der Waals surface area contributed by atoms with Crippen molar-refractivity contribution in [1.82, 2.24) is 9.88 Å². The molecular formula is C24H27ClN4OS. The lowest BCUT2D eigenvalue weighted by Crippen LogP contribution is -2.51. The summed E-state index contributed by atoms with van der Waals surface area (Å²) in [5, 5.41) is 1.86. The highest BCUT2D eigenvalue weighted by molar-refractivity contribution is 7.22. The first kappa shape index (κ1) is 20.6. The average molecular weight is 455 g/mol. The van der Waals surface area contributed by atoms with Gasteiger partial charge in [0.2, 0.25) is 5.91 Å². The van der Waals surface area contributed by atoms with Gasteiger partial charge in [-0.3, -0.25) is 4.79 Å². The molecule has 2 aliphatic rings. The molecule has 0 unspecified atom stereocenters. The van der Waals surface area contributed by atoms with Crippen molar-refractivity contribution < 1.29 is 4.79 Å². The molecule has 5 rings (SSSR count). The van der Waals surface area contributed by atoms with Crippen molar-refractivity contribution in [2.45, 2.75) is 19.8 Å². The van der Waals surface area contributed by atoms with Crippen LogP contribution in [0.1, 0.15) is 18.4 Å². The molecule has 0 spiro atoms. The molecule has 1 amide bonds. The van der Waals surface area contributed by atoms with Crippen LogP contribution in [0.5, 0.6) is 0 Å². The second kappa shape index (κ2) is 8.67. The number of para-hydroxylation sites is 1. The van der Waals surface area contributed by atoms with Gasteiger partial charge in [-0.05, 0) is 49.6 Å². The van der Waals surface area contributed by atoms with Crippen molar-refractivity contribution in [3.8, 4) is 0 Å². The molecule has 2 aliphatic heterocycles. The zero-order valence-electron chi connectivity index (χ0n) is 17.8. The van der Waals surface area contributed by atoms with Gasteiger partial charge in [-0.2, -0.15) is 0 Å². The first-order chi connectivity index (χ1) is 15.1. The van der Waals surface area contributed by atoms with Gasteiger partial charge < -0.3 is 14.7 Å². The summed E-state index contributed by atoms with van der Waals surface area (Å²) >= 11 is 8.10. The first-order valence-corrected chi connectivity index (χ1v) is 12.2. The summed E-state index contributed by atoms with van der Waals surface area (Å²) < 4.78 is 1.24. The van der Waals surface area contributed by atoms with Gasteiger partial charge in [0.1, 0.15) is 0 Å². The summed E-state index contributed by atoms with van der Waals surface area (Å²) in [6, 6.07) is 14.4. The highest BCUT2D eigenvalue weighted by Gasteiger charge is 2.31. The maximum absolute atomic E-state index is 13.1. The SMILES string of the molecule is Cc1ccc2nc(N3CCC(C(=O)N4CCN(c5ccccc5Cl)CC4)CC3)sc2c1. The standard InChI is InChI=1S/C24H27ClN4OS/c1-17-6-7-20-22(16-17)31-24(26-20)29-10-8-18(9-11-29)23(30)28-14-12-27(13-15-28)21-5-3-2-4-19(21)25/h2-7,16,18H,8-15H2,1H3. The van der Waals surface area contributed by atoms with Crippen molar-refractivity contribution in [2.24, 2.45) is 5.92 Å². The van der Waals surface area contributed by atoms with Crippen LogP contribution in [0.3, 0.4) is 0 Å². The third kappa shape index (κ3) is 4.23. The van der Waals surface area contributed by atoms with Gasteiger partial charge in [0.15, 0.2) is 5.13 Å². The molecule has 2 aromatic carbocycles. The van der Waals surface area contributed by atoms with Crippen LogP contribution in [0.4, 0.5) is 10.8 Å². The summed E-state index contributed by atoms with van der Waals surface area (Å²) in [7, 11) is 0. The number of carbonyl (C=O) groups excluding carboxylic acids is 1. The Hall–Kier alpha value is -2.31. The Morgan fingerprint density at radius 2 is 1.74 bits per heavy atom. The lowest BCUT2D eigenvalue weighted by atomic mass is 9.95. The first-order valence-electron chi connectivity index (χ1n) is 11.0. The second-order valence-electron chi connectivity index (χ2n) is 8.49. The monoisotopic (exact) mass is 454 g/mol. The molecule has 3 heterocycles. The van der Waals surface area contributed by atoms with Crippen LogP contribution in [0.25, 0.3) is 10.2 Å². The second-order valence-corrected chi connectivity index (χ2v) is 9.91. The van der Waals surface area contributed by atoms with Gasteiger partial charge >= 0.3 is 0 Å². The normalized spacial score (nSPS) is 18.1. The number of anilines is 2. The number of piperidine rings is 1. The zero-order valence-corrected chi connectivity index (χ0v) is 19.3. The summed E-state index contributed by atoms with van der Waals surface area (Å²) in [5.74, 6) is 0.443.